The van der Waals surface area contributed by atoms with E-state index in [2.05, 4.69) is 11.4 Å². The summed E-state index contributed by atoms with van der Waals surface area (Å²) >= 11 is 0. The number of methoxy groups -OCH3 is 4. The summed E-state index contributed by atoms with van der Waals surface area (Å²) in [5, 5.41) is 0. The molecule has 0 rings (SSSR count). The molecule has 15 heavy (non-hydrogen) atoms. The van der Waals surface area contributed by atoms with Crippen LogP contribution in [0.4, 0.5) is 0 Å². The third-order valence-corrected chi connectivity index (χ3v) is 6.34. The molecule has 0 radical (unpaired) electrons. The van der Waals surface area contributed by atoms with Gasteiger partial charge in [0.15, 0.2) is 0 Å². The van der Waals surface area contributed by atoms with E-state index in [1.165, 1.54) is 5.67 Å². The van der Waals surface area contributed by atoms with E-state index in [0.717, 1.165) is 0 Å². The number of hydrogen-bond donors (Lipinski definition) is 0. The van der Waals surface area contributed by atoms with Crippen molar-refractivity contribution in [1.29, 1.82) is 0 Å². The van der Waals surface area contributed by atoms with Gasteiger partial charge in [-0.05, 0) is 11.4 Å². The van der Waals surface area contributed by atoms with E-state index in [1.54, 1.807) is 28.4 Å². The second-order valence-corrected chi connectivity index (χ2v) is 7.59. The van der Waals surface area contributed by atoms with Crippen LogP contribution in [0.25, 0.3) is 0 Å². The molecule has 88 valence electrons. The molecule has 0 aromatic rings. The SMILES string of the molecule is COC(=C[SiH2]C[SiH2]C=C(OC)OC)OC. The molecule has 0 unspecified atom stereocenters. The lowest BCUT2D eigenvalue weighted by Gasteiger charge is -2.03. The van der Waals surface area contributed by atoms with Crippen LogP contribution in [0, 0.1) is 0 Å². The van der Waals surface area contributed by atoms with Crippen molar-refractivity contribution < 1.29 is 18.9 Å². The predicted octanol–water partition coefficient (Wildman–Crippen LogP) is -0.117. The fourth-order valence-electron chi connectivity index (χ4n) is 1.06. The Hall–Kier alpha value is -0.886. The minimum Gasteiger partial charge on any atom is -0.469 e. The maximum absolute atomic E-state index is 4.99. The standard InChI is InChI=1S/C9H20O4Si2/c1-10-8(11-2)5-14-7-15-6-9(12-3)13-4/h5-6H,7,14-15H2,1-4H3. The minimum atomic E-state index is -0.222. The van der Waals surface area contributed by atoms with Gasteiger partial charge in [0.1, 0.15) is 0 Å². The van der Waals surface area contributed by atoms with Gasteiger partial charge < -0.3 is 18.9 Å². The molecule has 0 bridgehead atoms. The summed E-state index contributed by atoms with van der Waals surface area (Å²) in [6.45, 7) is 0. The molecule has 0 aromatic heterocycles. The number of rotatable bonds is 8. The molecule has 4 nitrogen and oxygen atoms in total. The van der Waals surface area contributed by atoms with Crippen molar-refractivity contribution in [3.8, 4) is 0 Å². The Morgan fingerprint density at radius 1 is 0.800 bits per heavy atom. The van der Waals surface area contributed by atoms with Crippen LogP contribution in [-0.2, 0) is 18.9 Å². The van der Waals surface area contributed by atoms with Crippen LogP contribution in [0.2, 0.25) is 5.67 Å². The number of ether oxygens (including phenoxy) is 4. The molecule has 0 amide bonds. The molecule has 0 atom stereocenters. The van der Waals surface area contributed by atoms with Crippen LogP contribution in [0.1, 0.15) is 0 Å². The first kappa shape index (κ1) is 14.1. The van der Waals surface area contributed by atoms with Crippen LogP contribution in [-0.4, -0.2) is 47.5 Å². The Labute approximate surface area is 95.9 Å². The topological polar surface area (TPSA) is 36.9 Å². The zero-order valence-electron chi connectivity index (χ0n) is 9.91. The van der Waals surface area contributed by atoms with E-state index in [0.29, 0.717) is 11.9 Å². The fourth-order valence-corrected chi connectivity index (χ4v) is 4.77. The lowest BCUT2D eigenvalue weighted by Crippen LogP contribution is -1.99. The van der Waals surface area contributed by atoms with E-state index in [-0.39, 0.29) is 19.0 Å². The van der Waals surface area contributed by atoms with E-state index < -0.39 is 0 Å². The Bertz CT molecular complexity index is 182. The third kappa shape index (κ3) is 7.09. The van der Waals surface area contributed by atoms with Crippen molar-refractivity contribution >= 4 is 19.0 Å². The van der Waals surface area contributed by atoms with Gasteiger partial charge in [-0.1, -0.05) is 5.67 Å². The Morgan fingerprint density at radius 2 is 1.13 bits per heavy atom. The van der Waals surface area contributed by atoms with Gasteiger partial charge in [0.05, 0.1) is 47.5 Å². The highest BCUT2D eigenvalue weighted by atomic mass is 28.3. The van der Waals surface area contributed by atoms with Gasteiger partial charge in [-0.25, -0.2) is 0 Å². The van der Waals surface area contributed by atoms with Crippen LogP contribution < -0.4 is 0 Å². The number of hydrogen-bond acceptors (Lipinski definition) is 4. The maximum atomic E-state index is 4.99. The lowest BCUT2D eigenvalue weighted by molar-refractivity contribution is 0.0963. The highest BCUT2D eigenvalue weighted by Crippen LogP contribution is 1.97. The molecule has 0 aliphatic carbocycles. The van der Waals surface area contributed by atoms with Crippen LogP contribution in [0.15, 0.2) is 23.3 Å². The smallest absolute Gasteiger partial charge is 0.269 e. The fraction of sp³-hybridized carbons (Fsp3) is 0.556. The van der Waals surface area contributed by atoms with Crippen molar-refractivity contribution in [3.05, 3.63) is 23.3 Å². The van der Waals surface area contributed by atoms with Gasteiger partial charge in [0, 0.05) is 0 Å². The molecular formula is C9H20O4Si2. The molecule has 0 aliphatic rings. The van der Waals surface area contributed by atoms with E-state index >= 15 is 0 Å². The van der Waals surface area contributed by atoms with E-state index in [4.69, 9.17) is 18.9 Å². The van der Waals surface area contributed by atoms with Gasteiger partial charge in [-0.2, -0.15) is 0 Å². The largest absolute Gasteiger partial charge is 0.469 e. The minimum absolute atomic E-state index is 0.222. The molecule has 0 aliphatic heterocycles. The molecule has 0 spiro atoms. The van der Waals surface area contributed by atoms with Crippen LogP contribution in [0.5, 0.6) is 0 Å². The summed E-state index contributed by atoms with van der Waals surface area (Å²) in [7, 11) is 6.04. The average molecular weight is 248 g/mol. The Morgan fingerprint density at radius 3 is 1.40 bits per heavy atom. The summed E-state index contributed by atoms with van der Waals surface area (Å²) in [6, 6.07) is 0. The van der Waals surface area contributed by atoms with Gasteiger partial charge >= 0.3 is 0 Å². The molecule has 0 saturated heterocycles. The second-order valence-electron chi connectivity index (χ2n) is 2.79. The molecule has 0 aromatic carbocycles. The molecule has 0 heterocycles. The van der Waals surface area contributed by atoms with Crippen molar-refractivity contribution in [3.63, 3.8) is 0 Å². The second kappa shape index (κ2) is 9.66. The summed E-state index contributed by atoms with van der Waals surface area (Å²) < 4.78 is 20.0. The monoisotopic (exact) mass is 248 g/mol. The van der Waals surface area contributed by atoms with E-state index in [1.807, 2.05) is 0 Å². The first-order valence-electron chi connectivity index (χ1n) is 4.84. The van der Waals surface area contributed by atoms with Gasteiger partial charge in [0.25, 0.3) is 11.9 Å². The van der Waals surface area contributed by atoms with Crippen molar-refractivity contribution in [2.75, 3.05) is 28.4 Å². The maximum Gasteiger partial charge on any atom is 0.269 e. The quantitative estimate of drug-likeness (QED) is 0.341. The Kier molecular flexibility index (Phi) is 9.09. The zero-order chi connectivity index (χ0) is 11.5. The predicted molar refractivity (Wildman–Crippen MR) is 66.1 cm³/mol. The van der Waals surface area contributed by atoms with Crippen molar-refractivity contribution in [2.24, 2.45) is 0 Å². The lowest BCUT2D eigenvalue weighted by atomic mass is 11.0. The third-order valence-electron chi connectivity index (χ3n) is 1.83. The molecule has 0 N–H and O–H groups in total. The molecular weight excluding hydrogens is 228 g/mol. The summed E-state index contributed by atoms with van der Waals surface area (Å²) in [4.78, 5) is 0. The highest BCUT2D eigenvalue weighted by Gasteiger charge is 1.95. The molecule has 6 heteroatoms. The van der Waals surface area contributed by atoms with Gasteiger partial charge in [-0.3, -0.25) is 0 Å². The molecule has 0 fully saturated rings. The van der Waals surface area contributed by atoms with Gasteiger partial charge in [0.2, 0.25) is 0 Å². The highest BCUT2D eigenvalue weighted by molar-refractivity contribution is 6.61. The van der Waals surface area contributed by atoms with E-state index in [9.17, 15) is 0 Å². The summed E-state index contributed by atoms with van der Waals surface area (Å²) in [6.07, 6.45) is 0. The van der Waals surface area contributed by atoms with Crippen LogP contribution >= 0.6 is 0 Å². The summed E-state index contributed by atoms with van der Waals surface area (Å²) in [5.74, 6) is 1.27. The Balaban J connectivity index is 3.70. The zero-order valence-corrected chi connectivity index (χ0v) is 12.7. The first-order valence-corrected chi connectivity index (χ1v) is 8.48. The first-order chi connectivity index (χ1) is 7.28. The average Bonchev–Trinajstić information content (AvgIpc) is 2.29. The van der Waals surface area contributed by atoms with Crippen molar-refractivity contribution in [1.82, 2.24) is 0 Å². The van der Waals surface area contributed by atoms with Gasteiger partial charge in [-0.15, -0.1) is 0 Å². The normalized spacial score (nSPS) is 10.4. The van der Waals surface area contributed by atoms with Crippen molar-refractivity contribution in [2.45, 2.75) is 5.67 Å². The summed E-state index contributed by atoms with van der Waals surface area (Å²) in [5.41, 5.74) is 5.44. The molecule has 0 saturated carbocycles. The van der Waals surface area contributed by atoms with Crippen LogP contribution in [0.3, 0.4) is 0 Å².